The number of benzene rings is 1. The van der Waals surface area contributed by atoms with Gasteiger partial charge in [-0.15, -0.1) is 0 Å². The van der Waals surface area contributed by atoms with Crippen LogP contribution in [0, 0.1) is 0 Å². The molecule has 1 aliphatic heterocycles. The largest absolute Gasteiger partial charge is 0.382 e. The maximum absolute atomic E-state index is 4.42. The molecule has 1 aromatic heterocycles. The molecule has 2 aromatic rings. The Kier molecular flexibility index (Phi) is 4.21. The first kappa shape index (κ1) is 13.4. The van der Waals surface area contributed by atoms with Crippen molar-refractivity contribution in [3.63, 3.8) is 0 Å². The molecule has 3 nitrogen and oxygen atoms in total. The average Bonchev–Trinajstić information content (AvgIpc) is 2.51. The molecule has 20 heavy (non-hydrogen) atoms. The lowest BCUT2D eigenvalue weighted by Crippen LogP contribution is -2.39. The molecule has 0 bridgehead atoms. The van der Waals surface area contributed by atoms with Crippen LogP contribution < -0.4 is 10.2 Å². The number of halogens is 1. The predicted molar refractivity (Wildman–Crippen MR) is 87.2 cm³/mol. The summed E-state index contributed by atoms with van der Waals surface area (Å²) in [6.07, 6.45) is 4.15. The summed E-state index contributed by atoms with van der Waals surface area (Å²) in [5.41, 5.74) is 1.20. The van der Waals surface area contributed by atoms with Gasteiger partial charge < -0.3 is 10.2 Å². The third kappa shape index (κ3) is 3.31. The maximum atomic E-state index is 4.42. The summed E-state index contributed by atoms with van der Waals surface area (Å²) in [7, 11) is 0. The van der Waals surface area contributed by atoms with Crippen molar-refractivity contribution >= 4 is 27.4 Å². The Labute approximate surface area is 128 Å². The molecule has 1 aliphatic rings. The second-order valence-electron chi connectivity index (χ2n) is 5.10. The lowest BCUT2D eigenvalue weighted by Gasteiger charge is -2.33. The summed E-state index contributed by atoms with van der Waals surface area (Å²) < 4.78 is 1.12. The minimum atomic E-state index is 0.552. The standard InChI is InChI=1S/C16H18BrN3/c17-13-4-6-14(7-5-13)19-15-8-11-20(12-9-15)16-3-1-2-10-18-16/h1-7,10,15,19H,8-9,11-12H2. The number of aromatic nitrogens is 1. The molecule has 0 unspecified atom stereocenters. The molecule has 1 fully saturated rings. The quantitative estimate of drug-likeness (QED) is 0.923. The van der Waals surface area contributed by atoms with E-state index in [0.717, 1.165) is 36.2 Å². The van der Waals surface area contributed by atoms with Crippen molar-refractivity contribution in [3.8, 4) is 0 Å². The van der Waals surface area contributed by atoms with Crippen molar-refractivity contribution in [2.45, 2.75) is 18.9 Å². The number of nitrogens with one attached hydrogen (secondary N) is 1. The van der Waals surface area contributed by atoms with Gasteiger partial charge in [-0.3, -0.25) is 0 Å². The van der Waals surface area contributed by atoms with E-state index in [4.69, 9.17) is 0 Å². The van der Waals surface area contributed by atoms with Crippen LogP contribution in [0.25, 0.3) is 0 Å². The highest BCUT2D eigenvalue weighted by Crippen LogP contribution is 2.21. The molecule has 3 rings (SSSR count). The van der Waals surface area contributed by atoms with E-state index >= 15 is 0 Å². The zero-order valence-electron chi connectivity index (χ0n) is 11.3. The summed E-state index contributed by atoms with van der Waals surface area (Å²) in [5, 5.41) is 3.61. The van der Waals surface area contributed by atoms with E-state index in [2.05, 4.69) is 67.5 Å². The lowest BCUT2D eigenvalue weighted by molar-refractivity contribution is 0.523. The molecule has 104 valence electrons. The first-order valence-electron chi connectivity index (χ1n) is 6.99. The number of rotatable bonds is 3. The molecule has 0 atom stereocenters. The molecule has 0 aliphatic carbocycles. The van der Waals surface area contributed by atoms with Crippen LogP contribution in [0.5, 0.6) is 0 Å². The smallest absolute Gasteiger partial charge is 0.128 e. The van der Waals surface area contributed by atoms with Gasteiger partial charge in [0.05, 0.1) is 0 Å². The van der Waals surface area contributed by atoms with Crippen LogP contribution in [0.15, 0.2) is 53.1 Å². The van der Waals surface area contributed by atoms with Crippen molar-refractivity contribution in [2.24, 2.45) is 0 Å². The third-order valence-corrected chi connectivity index (χ3v) is 4.21. The lowest BCUT2D eigenvalue weighted by atomic mass is 10.0. The Bertz CT molecular complexity index is 533. The van der Waals surface area contributed by atoms with E-state index in [9.17, 15) is 0 Å². The second-order valence-corrected chi connectivity index (χ2v) is 6.02. The maximum Gasteiger partial charge on any atom is 0.128 e. The fourth-order valence-corrected chi connectivity index (χ4v) is 2.84. The highest BCUT2D eigenvalue weighted by Gasteiger charge is 2.19. The van der Waals surface area contributed by atoms with Crippen LogP contribution in [-0.2, 0) is 0 Å². The van der Waals surface area contributed by atoms with E-state index in [1.54, 1.807) is 0 Å². The van der Waals surface area contributed by atoms with Gasteiger partial charge in [0.1, 0.15) is 5.82 Å². The first-order chi connectivity index (χ1) is 9.81. The molecule has 4 heteroatoms. The number of anilines is 2. The van der Waals surface area contributed by atoms with Gasteiger partial charge in [-0.1, -0.05) is 22.0 Å². The average molecular weight is 332 g/mol. The zero-order valence-corrected chi connectivity index (χ0v) is 12.9. The van der Waals surface area contributed by atoms with E-state index in [-0.39, 0.29) is 0 Å². The van der Waals surface area contributed by atoms with Crippen molar-refractivity contribution in [3.05, 3.63) is 53.1 Å². The summed E-state index contributed by atoms with van der Waals surface area (Å²) in [6, 6.07) is 15.0. The van der Waals surface area contributed by atoms with Crippen LogP contribution >= 0.6 is 15.9 Å². The fraction of sp³-hybridized carbons (Fsp3) is 0.312. The Hall–Kier alpha value is -1.55. The molecule has 1 N–H and O–H groups in total. The Morgan fingerprint density at radius 2 is 1.80 bits per heavy atom. The molecule has 1 saturated heterocycles. The van der Waals surface area contributed by atoms with Gasteiger partial charge in [0, 0.05) is 35.5 Å². The number of hydrogen-bond donors (Lipinski definition) is 1. The normalized spacial score (nSPS) is 16.1. The predicted octanol–water partition coefficient (Wildman–Crippen LogP) is 3.93. The summed E-state index contributed by atoms with van der Waals surface area (Å²) >= 11 is 3.46. The monoisotopic (exact) mass is 331 g/mol. The Morgan fingerprint density at radius 3 is 2.45 bits per heavy atom. The van der Waals surface area contributed by atoms with Crippen molar-refractivity contribution in [1.29, 1.82) is 0 Å². The van der Waals surface area contributed by atoms with Gasteiger partial charge in [0.15, 0.2) is 0 Å². The fourth-order valence-electron chi connectivity index (χ4n) is 2.58. The van der Waals surface area contributed by atoms with Gasteiger partial charge in [-0.2, -0.15) is 0 Å². The van der Waals surface area contributed by atoms with Crippen molar-refractivity contribution < 1.29 is 0 Å². The molecule has 0 spiro atoms. The van der Waals surface area contributed by atoms with E-state index in [1.165, 1.54) is 5.69 Å². The molecular weight excluding hydrogens is 314 g/mol. The molecule has 0 radical (unpaired) electrons. The summed E-state index contributed by atoms with van der Waals surface area (Å²) in [6.45, 7) is 2.12. The van der Waals surface area contributed by atoms with Gasteiger partial charge in [-0.25, -0.2) is 4.98 Å². The van der Waals surface area contributed by atoms with Crippen molar-refractivity contribution in [1.82, 2.24) is 4.98 Å². The summed E-state index contributed by atoms with van der Waals surface area (Å²) in [5.74, 6) is 1.09. The molecule has 0 amide bonds. The first-order valence-corrected chi connectivity index (χ1v) is 7.79. The number of piperidine rings is 1. The molecule has 0 saturated carbocycles. The highest BCUT2D eigenvalue weighted by atomic mass is 79.9. The summed E-state index contributed by atoms with van der Waals surface area (Å²) in [4.78, 5) is 6.78. The SMILES string of the molecule is Brc1ccc(NC2CCN(c3ccccn3)CC2)cc1. The third-order valence-electron chi connectivity index (χ3n) is 3.68. The van der Waals surface area contributed by atoms with E-state index in [0.29, 0.717) is 6.04 Å². The van der Waals surface area contributed by atoms with Crippen molar-refractivity contribution in [2.75, 3.05) is 23.3 Å². The number of nitrogens with zero attached hydrogens (tertiary/aromatic N) is 2. The van der Waals surface area contributed by atoms with Gasteiger partial charge in [0.2, 0.25) is 0 Å². The van der Waals surface area contributed by atoms with Gasteiger partial charge in [-0.05, 0) is 49.2 Å². The topological polar surface area (TPSA) is 28.2 Å². The van der Waals surface area contributed by atoms with Crippen LogP contribution in [-0.4, -0.2) is 24.1 Å². The van der Waals surface area contributed by atoms with Gasteiger partial charge >= 0.3 is 0 Å². The highest BCUT2D eigenvalue weighted by molar-refractivity contribution is 9.10. The Morgan fingerprint density at radius 1 is 1.05 bits per heavy atom. The van der Waals surface area contributed by atoms with E-state index < -0.39 is 0 Å². The number of pyridine rings is 1. The van der Waals surface area contributed by atoms with Crippen LogP contribution in [0.2, 0.25) is 0 Å². The van der Waals surface area contributed by atoms with E-state index in [1.807, 2.05) is 12.3 Å². The minimum Gasteiger partial charge on any atom is -0.382 e. The van der Waals surface area contributed by atoms with Crippen LogP contribution in [0.3, 0.4) is 0 Å². The molecule has 2 heterocycles. The second kappa shape index (κ2) is 6.27. The van der Waals surface area contributed by atoms with Crippen LogP contribution in [0.1, 0.15) is 12.8 Å². The zero-order chi connectivity index (χ0) is 13.8. The Balaban J connectivity index is 1.55. The molecular formula is C16H18BrN3. The minimum absolute atomic E-state index is 0.552. The van der Waals surface area contributed by atoms with Crippen LogP contribution in [0.4, 0.5) is 11.5 Å². The number of hydrogen-bond acceptors (Lipinski definition) is 3. The molecule has 1 aromatic carbocycles. The van der Waals surface area contributed by atoms with Gasteiger partial charge in [0.25, 0.3) is 0 Å².